The number of amides is 1. The molecule has 3 aromatic rings. The molecule has 0 spiro atoms. The van der Waals surface area contributed by atoms with Gasteiger partial charge in [0.05, 0.1) is 21.6 Å². The molecule has 3 N–H and O–H groups in total. The number of fused-ring (bicyclic) bond motifs is 1. The fraction of sp³-hybridized carbons (Fsp3) is 0.333. The highest BCUT2D eigenvalue weighted by molar-refractivity contribution is 6.38. The van der Waals surface area contributed by atoms with Crippen molar-refractivity contribution in [1.29, 1.82) is 0 Å². The number of aryl methyl sites for hydroxylation is 2. The summed E-state index contributed by atoms with van der Waals surface area (Å²) in [7, 11) is 1.75. The number of aromatic nitrogens is 2. The van der Waals surface area contributed by atoms with E-state index in [0.717, 1.165) is 6.92 Å². The first-order valence-corrected chi connectivity index (χ1v) is 10.1. The van der Waals surface area contributed by atoms with Gasteiger partial charge in [-0.3, -0.25) is 4.79 Å². The number of rotatable bonds is 6. The van der Waals surface area contributed by atoms with Gasteiger partial charge in [-0.1, -0.05) is 23.2 Å². The first-order chi connectivity index (χ1) is 14.0. The molecule has 2 aromatic carbocycles. The van der Waals surface area contributed by atoms with Crippen LogP contribution in [0.2, 0.25) is 10.0 Å². The Morgan fingerprint density at radius 1 is 1.30 bits per heavy atom. The Morgan fingerprint density at radius 3 is 2.63 bits per heavy atom. The van der Waals surface area contributed by atoms with Crippen LogP contribution in [0.15, 0.2) is 24.3 Å². The largest absolute Gasteiger partial charge is 0.351 e. The highest BCUT2D eigenvalue weighted by Crippen LogP contribution is 2.34. The molecule has 0 radical (unpaired) electrons. The lowest BCUT2D eigenvalue weighted by Crippen LogP contribution is -2.29. The second kappa shape index (κ2) is 8.49. The van der Waals surface area contributed by atoms with Crippen molar-refractivity contribution in [3.63, 3.8) is 0 Å². The second-order valence-corrected chi connectivity index (χ2v) is 8.03. The fourth-order valence-electron chi connectivity index (χ4n) is 3.29. The van der Waals surface area contributed by atoms with Crippen molar-refractivity contribution in [2.75, 3.05) is 13.1 Å². The quantitative estimate of drug-likeness (QED) is 0.572. The lowest BCUT2D eigenvalue weighted by Gasteiger charge is -2.13. The van der Waals surface area contributed by atoms with Crippen LogP contribution >= 0.6 is 23.2 Å². The Labute approximate surface area is 183 Å². The predicted octanol–water partition coefficient (Wildman–Crippen LogP) is 4.58. The van der Waals surface area contributed by atoms with Crippen molar-refractivity contribution in [1.82, 2.24) is 14.9 Å². The summed E-state index contributed by atoms with van der Waals surface area (Å²) in [6.07, 6.45) is 0.234. The lowest BCUT2D eigenvalue weighted by molar-refractivity contribution is 0.0175. The molecular weight excluding hydrogens is 433 g/mol. The molecule has 9 heteroatoms. The maximum Gasteiger partial charge on any atom is 0.270 e. The van der Waals surface area contributed by atoms with Crippen molar-refractivity contribution < 1.29 is 13.6 Å². The van der Waals surface area contributed by atoms with E-state index >= 15 is 0 Å². The number of benzene rings is 2. The van der Waals surface area contributed by atoms with Gasteiger partial charge in [0.15, 0.2) is 0 Å². The molecule has 0 fully saturated rings. The molecule has 1 amide bonds. The van der Waals surface area contributed by atoms with Gasteiger partial charge in [-0.2, -0.15) is 0 Å². The zero-order valence-electron chi connectivity index (χ0n) is 16.8. The minimum absolute atomic E-state index is 0.0725. The van der Waals surface area contributed by atoms with Crippen molar-refractivity contribution in [3.8, 4) is 0 Å². The molecule has 0 unspecified atom stereocenters. The predicted molar refractivity (Wildman–Crippen MR) is 116 cm³/mol. The van der Waals surface area contributed by atoms with Crippen LogP contribution in [0.4, 0.5) is 8.78 Å². The molecule has 0 atom stereocenters. The topological polar surface area (TPSA) is 72.9 Å². The Kier molecular flexibility index (Phi) is 6.36. The van der Waals surface area contributed by atoms with Crippen LogP contribution in [0, 0.1) is 6.92 Å². The molecule has 0 bridgehead atoms. The van der Waals surface area contributed by atoms with Gasteiger partial charge in [0, 0.05) is 44.1 Å². The fourth-order valence-corrected chi connectivity index (χ4v) is 3.88. The smallest absolute Gasteiger partial charge is 0.270 e. The van der Waals surface area contributed by atoms with Crippen molar-refractivity contribution in [2.45, 2.75) is 26.2 Å². The van der Waals surface area contributed by atoms with E-state index in [0.29, 0.717) is 46.1 Å². The summed E-state index contributed by atoms with van der Waals surface area (Å²) < 4.78 is 29.4. The minimum Gasteiger partial charge on any atom is -0.351 e. The number of nitrogens with one attached hydrogen (secondary N) is 1. The number of hydrogen-bond donors (Lipinski definition) is 2. The molecule has 0 aliphatic heterocycles. The molecule has 30 heavy (non-hydrogen) atoms. The van der Waals surface area contributed by atoms with Crippen LogP contribution in [0.5, 0.6) is 0 Å². The SMILES string of the molecule is Cc1cc(C(C)(F)F)cc2c1nc(Cc1c(Cl)ccc(C(=O)NCCN)c1Cl)n2C. The average Bonchev–Trinajstić information content (AvgIpc) is 2.99. The molecule has 0 saturated heterocycles. The van der Waals surface area contributed by atoms with E-state index in [-0.39, 0.29) is 28.5 Å². The van der Waals surface area contributed by atoms with E-state index in [1.807, 2.05) is 0 Å². The number of carbonyl (C=O) groups is 1. The number of hydrogen-bond acceptors (Lipinski definition) is 3. The summed E-state index contributed by atoms with van der Waals surface area (Å²) in [6, 6.07) is 6.04. The van der Waals surface area contributed by atoms with E-state index < -0.39 is 5.92 Å². The summed E-state index contributed by atoms with van der Waals surface area (Å²) in [4.78, 5) is 17.0. The van der Waals surface area contributed by atoms with Gasteiger partial charge in [0.25, 0.3) is 11.8 Å². The Balaban J connectivity index is 2.05. The van der Waals surface area contributed by atoms with Gasteiger partial charge in [-0.25, -0.2) is 13.8 Å². The minimum atomic E-state index is -2.96. The number of alkyl halides is 2. The molecule has 0 aliphatic rings. The van der Waals surface area contributed by atoms with Gasteiger partial charge < -0.3 is 15.6 Å². The Bertz CT molecular complexity index is 1120. The summed E-state index contributed by atoms with van der Waals surface area (Å²) in [5.74, 6) is -2.71. The van der Waals surface area contributed by atoms with E-state index in [1.54, 1.807) is 30.7 Å². The third-order valence-corrected chi connectivity index (χ3v) is 5.76. The van der Waals surface area contributed by atoms with E-state index in [4.69, 9.17) is 28.9 Å². The lowest BCUT2D eigenvalue weighted by atomic mass is 10.1. The highest BCUT2D eigenvalue weighted by atomic mass is 35.5. The van der Waals surface area contributed by atoms with Gasteiger partial charge in [-0.15, -0.1) is 0 Å². The number of nitrogens with zero attached hydrogens (tertiary/aromatic N) is 2. The Hall–Kier alpha value is -2.22. The monoisotopic (exact) mass is 454 g/mol. The summed E-state index contributed by atoms with van der Waals surface area (Å²) in [6.45, 7) is 3.24. The van der Waals surface area contributed by atoms with Crippen molar-refractivity contribution >= 4 is 40.1 Å². The summed E-state index contributed by atoms with van der Waals surface area (Å²) >= 11 is 12.8. The molecule has 5 nitrogen and oxygen atoms in total. The van der Waals surface area contributed by atoms with Crippen LogP contribution in [0.3, 0.4) is 0 Å². The molecule has 160 valence electrons. The second-order valence-electron chi connectivity index (χ2n) is 7.25. The average molecular weight is 455 g/mol. The molecular formula is C21H22Cl2F2N4O. The number of imidazole rings is 1. The molecule has 0 saturated carbocycles. The molecule has 0 aliphatic carbocycles. The molecule has 1 heterocycles. The Morgan fingerprint density at radius 2 is 2.00 bits per heavy atom. The van der Waals surface area contributed by atoms with Gasteiger partial charge in [0.2, 0.25) is 0 Å². The zero-order chi connectivity index (χ0) is 22.2. The van der Waals surface area contributed by atoms with Gasteiger partial charge in [-0.05, 0) is 42.3 Å². The van der Waals surface area contributed by atoms with Crippen LogP contribution in [-0.4, -0.2) is 28.5 Å². The zero-order valence-corrected chi connectivity index (χ0v) is 18.3. The number of carbonyl (C=O) groups excluding carboxylic acids is 1. The number of nitrogens with two attached hydrogens (primary N) is 1. The standard InChI is InChI=1S/C21H22Cl2F2N4O/c1-11-8-12(21(2,24)25)9-16-19(11)28-17(29(16)3)10-14-15(22)5-4-13(18(14)23)20(30)27-7-6-26/h4-5,8-9H,6-7,10,26H2,1-3H3,(H,27,30). The maximum absolute atomic E-state index is 13.9. The first kappa shape index (κ1) is 22.5. The summed E-state index contributed by atoms with van der Waals surface area (Å²) in [5.41, 5.74) is 8.04. The van der Waals surface area contributed by atoms with Gasteiger partial charge >= 0.3 is 0 Å². The molecule has 3 rings (SSSR count). The normalized spacial score (nSPS) is 11.9. The maximum atomic E-state index is 13.9. The molecule has 1 aromatic heterocycles. The van der Waals surface area contributed by atoms with Crippen LogP contribution < -0.4 is 11.1 Å². The third-order valence-electron chi connectivity index (χ3n) is 4.97. The van der Waals surface area contributed by atoms with Crippen LogP contribution in [0.25, 0.3) is 11.0 Å². The van der Waals surface area contributed by atoms with E-state index in [2.05, 4.69) is 10.3 Å². The van der Waals surface area contributed by atoms with E-state index in [1.165, 1.54) is 12.1 Å². The van der Waals surface area contributed by atoms with E-state index in [9.17, 15) is 13.6 Å². The summed E-state index contributed by atoms with van der Waals surface area (Å²) in [5, 5.41) is 3.29. The van der Waals surface area contributed by atoms with Gasteiger partial charge in [0.1, 0.15) is 5.82 Å². The van der Waals surface area contributed by atoms with Crippen molar-refractivity contribution in [3.05, 3.63) is 62.4 Å². The van der Waals surface area contributed by atoms with Crippen LogP contribution in [-0.2, 0) is 19.4 Å². The number of halogens is 4. The highest BCUT2D eigenvalue weighted by Gasteiger charge is 2.26. The van der Waals surface area contributed by atoms with Crippen molar-refractivity contribution in [2.24, 2.45) is 12.8 Å². The third kappa shape index (κ3) is 4.29. The first-order valence-electron chi connectivity index (χ1n) is 9.34. The van der Waals surface area contributed by atoms with Crippen LogP contribution in [0.1, 0.15) is 39.8 Å².